The molecule has 2 heterocycles. The highest BCUT2D eigenvalue weighted by atomic mass is 32.2. The molecule has 2 aromatic heterocycles. The summed E-state index contributed by atoms with van der Waals surface area (Å²) >= 11 is 0. The molecule has 0 unspecified atom stereocenters. The van der Waals surface area contributed by atoms with E-state index in [0.29, 0.717) is 10.7 Å². The van der Waals surface area contributed by atoms with E-state index in [1.165, 1.54) is 13.0 Å². The molecule has 0 atom stereocenters. The normalized spacial score (nSPS) is 12.0. The lowest BCUT2D eigenvalue weighted by molar-refractivity contribution is -0.0502. The van der Waals surface area contributed by atoms with E-state index in [0.717, 1.165) is 12.3 Å². The maximum absolute atomic E-state index is 13.8. The van der Waals surface area contributed by atoms with Gasteiger partial charge in [-0.3, -0.25) is 0 Å². The second-order valence-electron chi connectivity index (χ2n) is 4.30. The van der Waals surface area contributed by atoms with Gasteiger partial charge in [0.15, 0.2) is 5.69 Å². The van der Waals surface area contributed by atoms with Crippen LogP contribution in [-0.2, 0) is 14.9 Å². The standard InChI is InChI=1S/C12H9F4N3O5S/c1-2-23-11(20)7-6-9(24-25(21,22)12(14,15)16)19(18-7)8-4-3-5-17-10(8)13/h3-6H,2H2,1H3. The maximum atomic E-state index is 13.8. The summed E-state index contributed by atoms with van der Waals surface area (Å²) < 4.78 is 82.5. The first-order valence-electron chi connectivity index (χ1n) is 6.45. The van der Waals surface area contributed by atoms with Gasteiger partial charge in [-0.15, -0.1) is 0 Å². The summed E-state index contributed by atoms with van der Waals surface area (Å²) in [7, 11) is -6.07. The molecule has 0 fully saturated rings. The van der Waals surface area contributed by atoms with E-state index in [1.54, 1.807) is 0 Å². The smallest absolute Gasteiger partial charge is 0.461 e. The molecule has 0 radical (unpaired) electrons. The van der Waals surface area contributed by atoms with Gasteiger partial charge in [-0.1, -0.05) is 0 Å². The number of carbonyl (C=O) groups is 1. The van der Waals surface area contributed by atoms with Gasteiger partial charge in [0.05, 0.1) is 6.61 Å². The van der Waals surface area contributed by atoms with Crippen molar-refractivity contribution in [3.8, 4) is 11.6 Å². The van der Waals surface area contributed by atoms with Crippen LogP contribution >= 0.6 is 0 Å². The van der Waals surface area contributed by atoms with Gasteiger partial charge in [0.2, 0.25) is 11.8 Å². The Morgan fingerprint density at radius 1 is 1.36 bits per heavy atom. The molecule has 0 aliphatic rings. The summed E-state index contributed by atoms with van der Waals surface area (Å²) in [6.45, 7) is 1.38. The Hall–Kier alpha value is -2.70. The van der Waals surface area contributed by atoms with Crippen LogP contribution in [0, 0.1) is 5.95 Å². The van der Waals surface area contributed by atoms with Crippen LogP contribution in [0.4, 0.5) is 17.6 Å². The highest BCUT2D eigenvalue weighted by Gasteiger charge is 2.49. The monoisotopic (exact) mass is 383 g/mol. The molecule has 0 saturated carbocycles. The number of alkyl halides is 3. The second kappa shape index (κ2) is 6.66. The van der Waals surface area contributed by atoms with Gasteiger partial charge in [-0.05, 0) is 19.1 Å². The second-order valence-corrected chi connectivity index (χ2v) is 5.83. The zero-order valence-corrected chi connectivity index (χ0v) is 13.1. The molecule has 0 amide bonds. The first kappa shape index (κ1) is 18.6. The predicted molar refractivity (Wildman–Crippen MR) is 72.9 cm³/mol. The largest absolute Gasteiger partial charge is 0.534 e. The van der Waals surface area contributed by atoms with E-state index < -0.39 is 44.8 Å². The Kier molecular flexibility index (Phi) is 4.97. The van der Waals surface area contributed by atoms with Crippen LogP contribution in [-0.4, -0.2) is 41.3 Å². The van der Waals surface area contributed by atoms with Crippen LogP contribution in [0.3, 0.4) is 0 Å². The van der Waals surface area contributed by atoms with Crippen molar-refractivity contribution in [2.45, 2.75) is 12.4 Å². The third kappa shape index (κ3) is 3.87. The molecule has 8 nitrogen and oxygen atoms in total. The average Bonchev–Trinajstić information content (AvgIpc) is 2.90. The van der Waals surface area contributed by atoms with E-state index >= 15 is 0 Å². The Morgan fingerprint density at radius 2 is 2.04 bits per heavy atom. The number of pyridine rings is 1. The first-order chi connectivity index (χ1) is 11.6. The SMILES string of the molecule is CCOC(=O)c1cc(OS(=O)(=O)C(F)(F)F)n(-c2cccnc2F)n1. The highest BCUT2D eigenvalue weighted by Crippen LogP contribution is 2.29. The van der Waals surface area contributed by atoms with Crippen molar-refractivity contribution < 1.29 is 39.7 Å². The minimum absolute atomic E-state index is 0.0794. The molecule has 2 aromatic rings. The summed E-state index contributed by atoms with van der Waals surface area (Å²) in [6.07, 6.45) is 1.04. The van der Waals surface area contributed by atoms with E-state index in [1.807, 2.05) is 0 Å². The van der Waals surface area contributed by atoms with Crippen molar-refractivity contribution in [1.82, 2.24) is 14.8 Å². The van der Waals surface area contributed by atoms with Gasteiger partial charge < -0.3 is 8.92 Å². The minimum atomic E-state index is -6.07. The summed E-state index contributed by atoms with van der Waals surface area (Å²) in [4.78, 5) is 14.9. The molecule has 13 heteroatoms. The Labute approximate surface area is 138 Å². The number of nitrogens with zero attached hydrogens (tertiary/aromatic N) is 3. The lowest BCUT2D eigenvalue weighted by Gasteiger charge is -2.10. The fourth-order valence-electron chi connectivity index (χ4n) is 1.60. The van der Waals surface area contributed by atoms with Crippen LogP contribution in [0.25, 0.3) is 5.69 Å². The highest BCUT2D eigenvalue weighted by molar-refractivity contribution is 7.87. The molecular formula is C12H9F4N3O5S. The van der Waals surface area contributed by atoms with Crippen LogP contribution in [0.5, 0.6) is 5.88 Å². The number of rotatable bonds is 5. The fraction of sp³-hybridized carbons (Fsp3) is 0.250. The number of ether oxygens (including phenoxy) is 1. The lowest BCUT2D eigenvalue weighted by atomic mass is 10.4. The van der Waals surface area contributed by atoms with Crippen molar-refractivity contribution in [3.63, 3.8) is 0 Å². The van der Waals surface area contributed by atoms with E-state index in [4.69, 9.17) is 0 Å². The Morgan fingerprint density at radius 3 is 2.60 bits per heavy atom. The zero-order valence-electron chi connectivity index (χ0n) is 12.3. The molecular weight excluding hydrogens is 374 g/mol. The van der Waals surface area contributed by atoms with Gasteiger partial charge in [0.25, 0.3) is 0 Å². The molecule has 0 spiro atoms. The summed E-state index contributed by atoms with van der Waals surface area (Å²) in [5, 5.41) is 3.53. The Bertz CT molecular complexity index is 894. The molecule has 0 saturated heterocycles. The number of aromatic nitrogens is 3. The van der Waals surface area contributed by atoms with Crippen molar-refractivity contribution in [2.24, 2.45) is 0 Å². The molecule has 25 heavy (non-hydrogen) atoms. The molecule has 0 N–H and O–H groups in total. The molecule has 0 aliphatic heterocycles. The minimum Gasteiger partial charge on any atom is -0.461 e. The lowest BCUT2D eigenvalue weighted by Crippen LogP contribution is -2.28. The fourth-order valence-corrected chi connectivity index (χ4v) is 2.03. The van der Waals surface area contributed by atoms with E-state index in [2.05, 4.69) is 19.0 Å². The van der Waals surface area contributed by atoms with Crippen molar-refractivity contribution >= 4 is 16.1 Å². The van der Waals surface area contributed by atoms with E-state index in [9.17, 15) is 30.8 Å². The zero-order chi connectivity index (χ0) is 18.8. The van der Waals surface area contributed by atoms with E-state index in [-0.39, 0.29) is 6.61 Å². The molecule has 0 aromatic carbocycles. The van der Waals surface area contributed by atoms with Gasteiger partial charge in [-0.25, -0.2) is 9.78 Å². The quantitative estimate of drug-likeness (QED) is 0.255. The maximum Gasteiger partial charge on any atom is 0.534 e. The number of esters is 1. The topological polar surface area (TPSA) is 100 Å². The predicted octanol–water partition coefficient (Wildman–Crippen LogP) is 1.81. The Balaban J connectivity index is 2.58. The van der Waals surface area contributed by atoms with Crippen LogP contribution in [0.1, 0.15) is 17.4 Å². The first-order valence-corrected chi connectivity index (χ1v) is 7.86. The summed E-state index contributed by atoms with van der Waals surface area (Å²) in [5.41, 5.74) is -6.86. The molecule has 136 valence electrons. The summed E-state index contributed by atoms with van der Waals surface area (Å²) in [5.74, 6) is -3.32. The number of hydrogen-bond acceptors (Lipinski definition) is 7. The molecule has 0 bridgehead atoms. The van der Waals surface area contributed by atoms with Crippen LogP contribution < -0.4 is 4.18 Å². The molecule has 2 rings (SSSR count). The number of halogens is 4. The van der Waals surface area contributed by atoms with Gasteiger partial charge in [0.1, 0.15) is 5.69 Å². The van der Waals surface area contributed by atoms with Crippen molar-refractivity contribution in [1.29, 1.82) is 0 Å². The van der Waals surface area contributed by atoms with Crippen molar-refractivity contribution in [2.75, 3.05) is 6.61 Å². The molecule has 0 aliphatic carbocycles. The number of carbonyl (C=O) groups excluding carboxylic acids is 1. The van der Waals surface area contributed by atoms with Gasteiger partial charge in [0, 0.05) is 12.3 Å². The third-order valence-corrected chi connectivity index (χ3v) is 3.56. The third-order valence-electron chi connectivity index (χ3n) is 2.61. The van der Waals surface area contributed by atoms with Crippen LogP contribution in [0.15, 0.2) is 24.4 Å². The van der Waals surface area contributed by atoms with Gasteiger partial charge >= 0.3 is 21.6 Å². The average molecular weight is 383 g/mol. The van der Waals surface area contributed by atoms with Crippen LogP contribution in [0.2, 0.25) is 0 Å². The van der Waals surface area contributed by atoms with Gasteiger partial charge in [-0.2, -0.15) is 35.8 Å². The summed E-state index contributed by atoms with van der Waals surface area (Å²) in [6, 6.07) is 2.83. The number of hydrogen-bond donors (Lipinski definition) is 0. The van der Waals surface area contributed by atoms with Crippen molar-refractivity contribution in [3.05, 3.63) is 36.0 Å².